The van der Waals surface area contributed by atoms with Gasteiger partial charge in [-0.3, -0.25) is 4.79 Å². The molecule has 2 heterocycles. The largest absolute Gasteiger partial charge is 0.369 e. The summed E-state index contributed by atoms with van der Waals surface area (Å²) in [6.45, 7) is 0. The summed E-state index contributed by atoms with van der Waals surface area (Å²) in [6, 6.07) is 10.1. The van der Waals surface area contributed by atoms with Crippen LogP contribution in [-0.2, 0) is 9.84 Å². The van der Waals surface area contributed by atoms with Crippen molar-refractivity contribution in [3.63, 3.8) is 0 Å². The standard InChI is InChI=1S/C17H18ClN3O3S/c1-21(15-8-9-25(23,24)11-15)14-6-7-16(19-10-14)20-17(22)12-2-4-13(18)5-3-12/h2-7,10,15H,8-9,11H2,1H3,(H,19,20,22). The van der Waals surface area contributed by atoms with Crippen molar-refractivity contribution in [1.29, 1.82) is 0 Å². The van der Waals surface area contributed by atoms with Crippen molar-refractivity contribution < 1.29 is 13.2 Å². The topological polar surface area (TPSA) is 79.4 Å². The van der Waals surface area contributed by atoms with Gasteiger partial charge in [0.25, 0.3) is 5.91 Å². The van der Waals surface area contributed by atoms with Crippen molar-refractivity contribution in [3.8, 4) is 0 Å². The highest BCUT2D eigenvalue weighted by atomic mass is 35.5. The second kappa shape index (κ2) is 7.01. The summed E-state index contributed by atoms with van der Waals surface area (Å²) in [5.74, 6) is 0.548. The predicted molar refractivity (Wildman–Crippen MR) is 99.1 cm³/mol. The van der Waals surface area contributed by atoms with E-state index in [1.807, 2.05) is 18.0 Å². The molecule has 1 N–H and O–H groups in total. The Bertz CT molecular complexity index is 867. The van der Waals surface area contributed by atoms with Crippen LogP contribution >= 0.6 is 11.6 Å². The maximum atomic E-state index is 12.2. The fraction of sp³-hybridized carbons (Fsp3) is 0.294. The van der Waals surface area contributed by atoms with Gasteiger partial charge in [0.05, 0.1) is 23.4 Å². The molecule has 1 unspecified atom stereocenters. The van der Waals surface area contributed by atoms with E-state index in [1.165, 1.54) is 0 Å². The number of pyridine rings is 1. The molecule has 1 aliphatic heterocycles. The van der Waals surface area contributed by atoms with Crippen LogP contribution in [0.1, 0.15) is 16.8 Å². The van der Waals surface area contributed by atoms with Crippen LogP contribution in [-0.4, -0.2) is 43.9 Å². The van der Waals surface area contributed by atoms with Crippen molar-refractivity contribution in [2.24, 2.45) is 0 Å². The number of benzene rings is 1. The molecule has 1 aliphatic rings. The number of rotatable bonds is 4. The first-order valence-corrected chi connectivity index (χ1v) is 10.0. The molecule has 0 spiro atoms. The SMILES string of the molecule is CN(c1ccc(NC(=O)c2ccc(Cl)cc2)nc1)C1CCS(=O)(=O)C1. The smallest absolute Gasteiger partial charge is 0.256 e. The first-order valence-electron chi connectivity index (χ1n) is 7.80. The minimum atomic E-state index is -2.93. The van der Waals surface area contributed by atoms with Crippen LogP contribution < -0.4 is 10.2 Å². The number of halogens is 1. The Kier molecular flexibility index (Phi) is 4.96. The summed E-state index contributed by atoms with van der Waals surface area (Å²) in [5, 5.41) is 3.28. The third kappa shape index (κ3) is 4.29. The van der Waals surface area contributed by atoms with Gasteiger partial charge in [-0.15, -0.1) is 0 Å². The third-order valence-electron chi connectivity index (χ3n) is 4.26. The van der Waals surface area contributed by atoms with E-state index in [0.717, 1.165) is 5.69 Å². The molecule has 1 saturated heterocycles. The van der Waals surface area contributed by atoms with E-state index in [1.54, 1.807) is 36.5 Å². The van der Waals surface area contributed by atoms with Crippen LogP contribution in [0.4, 0.5) is 11.5 Å². The molecule has 1 fully saturated rings. The van der Waals surface area contributed by atoms with Gasteiger partial charge in [0.2, 0.25) is 0 Å². The number of aromatic nitrogens is 1. The summed E-state index contributed by atoms with van der Waals surface area (Å²) < 4.78 is 23.2. The highest BCUT2D eigenvalue weighted by molar-refractivity contribution is 7.91. The Hall–Kier alpha value is -2.12. The first-order chi connectivity index (χ1) is 11.8. The number of anilines is 2. The third-order valence-corrected chi connectivity index (χ3v) is 6.26. The number of sulfone groups is 1. The fourth-order valence-electron chi connectivity index (χ4n) is 2.75. The van der Waals surface area contributed by atoms with E-state index in [9.17, 15) is 13.2 Å². The zero-order chi connectivity index (χ0) is 18.0. The van der Waals surface area contributed by atoms with Crippen molar-refractivity contribution in [1.82, 2.24) is 4.98 Å². The molecule has 0 bridgehead atoms. The Morgan fingerprint density at radius 3 is 2.52 bits per heavy atom. The molecule has 1 aromatic heterocycles. The lowest BCUT2D eigenvalue weighted by Gasteiger charge is -2.25. The highest BCUT2D eigenvalue weighted by Gasteiger charge is 2.30. The number of hydrogen-bond donors (Lipinski definition) is 1. The van der Waals surface area contributed by atoms with Crippen LogP contribution in [0.2, 0.25) is 5.02 Å². The van der Waals surface area contributed by atoms with Crippen molar-refractivity contribution in [3.05, 3.63) is 53.2 Å². The Labute approximate surface area is 151 Å². The number of carbonyl (C=O) groups is 1. The van der Waals surface area contributed by atoms with Crippen LogP contribution in [0.15, 0.2) is 42.6 Å². The zero-order valence-electron chi connectivity index (χ0n) is 13.6. The summed E-state index contributed by atoms with van der Waals surface area (Å²) in [6.07, 6.45) is 2.25. The van der Waals surface area contributed by atoms with Gasteiger partial charge in [0, 0.05) is 23.7 Å². The minimum absolute atomic E-state index is 0.0405. The van der Waals surface area contributed by atoms with E-state index in [2.05, 4.69) is 10.3 Å². The van der Waals surface area contributed by atoms with E-state index in [-0.39, 0.29) is 23.5 Å². The van der Waals surface area contributed by atoms with Gasteiger partial charge in [0.15, 0.2) is 9.84 Å². The van der Waals surface area contributed by atoms with Gasteiger partial charge >= 0.3 is 0 Å². The van der Waals surface area contributed by atoms with Gasteiger partial charge < -0.3 is 10.2 Å². The van der Waals surface area contributed by atoms with Gasteiger partial charge in [0.1, 0.15) is 5.82 Å². The summed E-state index contributed by atoms with van der Waals surface area (Å²) in [5.41, 5.74) is 1.30. The summed E-state index contributed by atoms with van der Waals surface area (Å²) >= 11 is 5.81. The Morgan fingerprint density at radius 2 is 1.96 bits per heavy atom. The first kappa shape index (κ1) is 17.7. The molecule has 6 nitrogen and oxygen atoms in total. The molecule has 132 valence electrons. The number of nitrogens with zero attached hydrogens (tertiary/aromatic N) is 2. The van der Waals surface area contributed by atoms with Gasteiger partial charge in [-0.1, -0.05) is 11.6 Å². The second-order valence-corrected chi connectivity index (χ2v) is 8.70. The monoisotopic (exact) mass is 379 g/mol. The Morgan fingerprint density at radius 1 is 1.24 bits per heavy atom. The molecular formula is C17H18ClN3O3S. The summed E-state index contributed by atoms with van der Waals surface area (Å²) in [4.78, 5) is 18.3. The second-order valence-electron chi connectivity index (χ2n) is 6.03. The lowest BCUT2D eigenvalue weighted by Crippen LogP contribution is -2.32. The molecule has 8 heteroatoms. The van der Waals surface area contributed by atoms with E-state index in [4.69, 9.17) is 11.6 Å². The van der Waals surface area contributed by atoms with E-state index >= 15 is 0 Å². The summed E-state index contributed by atoms with van der Waals surface area (Å²) in [7, 11) is -1.08. The van der Waals surface area contributed by atoms with Crippen molar-refractivity contribution >= 4 is 38.9 Å². The molecule has 25 heavy (non-hydrogen) atoms. The van der Waals surface area contributed by atoms with E-state index in [0.29, 0.717) is 22.8 Å². The van der Waals surface area contributed by atoms with Gasteiger partial charge in [-0.05, 0) is 42.8 Å². The number of carbonyl (C=O) groups excluding carboxylic acids is 1. The average Bonchev–Trinajstić information content (AvgIpc) is 2.95. The molecule has 3 rings (SSSR count). The molecule has 0 radical (unpaired) electrons. The highest BCUT2D eigenvalue weighted by Crippen LogP contribution is 2.23. The number of nitrogens with one attached hydrogen (secondary N) is 1. The van der Waals surface area contributed by atoms with Crippen LogP contribution in [0.25, 0.3) is 0 Å². The lowest BCUT2D eigenvalue weighted by molar-refractivity contribution is 0.102. The maximum absolute atomic E-state index is 12.2. The molecular weight excluding hydrogens is 362 g/mol. The fourth-order valence-corrected chi connectivity index (χ4v) is 4.65. The zero-order valence-corrected chi connectivity index (χ0v) is 15.2. The molecule has 1 atom stereocenters. The molecule has 1 aromatic carbocycles. The van der Waals surface area contributed by atoms with Crippen LogP contribution in [0.3, 0.4) is 0 Å². The van der Waals surface area contributed by atoms with Crippen molar-refractivity contribution in [2.45, 2.75) is 12.5 Å². The predicted octanol–water partition coefficient (Wildman–Crippen LogP) is 2.61. The normalized spacial score (nSPS) is 18.7. The average molecular weight is 380 g/mol. The molecule has 0 aliphatic carbocycles. The number of amides is 1. The number of hydrogen-bond acceptors (Lipinski definition) is 5. The van der Waals surface area contributed by atoms with Gasteiger partial charge in [-0.2, -0.15) is 0 Å². The Balaban J connectivity index is 1.66. The molecule has 1 amide bonds. The lowest BCUT2D eigenvalue weighted by atomic mass is 10.2. The van der Waals surface area contributed by atoms with Crippen molar-refractivity contribution in [2.75, 3.05) is 28.8 Å². The molecule has 0 saturated carbocycles. The maximum Gasteiger partial charge on any atom is 0.256 e. The minimum Gasteiger partial charge on any atom is -0.369 e. The quantitative estimate of drug-likeness (QED) is 0.883. The van der Waals surface area contributed by atoms with Crippen LogP contribution in [0, 0.1) is 0 Å². The van der Waals surface area contributed by atoms with Gasteiger partial charge in [-0.25, -0.2) is 13.4 Å². The van der Waals surface area contributed by atoms with Crippen LogP contribution in [0.5, 0.6) is 0 Å². The molecule has 2 aromatic rings. The van der Waals surface area contributed by atoms with E-state index < -0.39 is 9.84 Å².